The van der Waals surface area contributed by atoms with E-state index in [1.165, 1.54) is 12.8 Å². The Morgan fingerprint density at radius 2 is 2.19 bits per heavy atom. The van der Waals surface area contributed by atoms with Crippen molar-refractivity contribution in [1.29, 1.82) is 0 Å². The molecular weight excluding hydrogens is 398 g/mol. The highest BCUT2D eigenvalue weighted by atomic mass is 32.2. The molecule has 0 spiro atoms. The molecule has 0 aliphatic heterocycles. The Hall–Kier alpha value is -1.94. The minimum absolute atomic E-state index is 0.252. The third-order valence-corrected chi connectivity index (χ3v) is 9.28. The van der Waals surface area contributed by atoms with Crippen LogP contribution in [-0.2, 0) is 11.2 Å². The highest BCUT2D eigenvalue weighted by Gasteiger charge is 2.33. The van der Waals surface area contributed by atoms with Crippen LogP contribution in [0.4, 0.5) is 0 Å². The number of hydrogen-bond acceptors (Lipinski definition) is 6. The highest BCUT2D eigenvalue weighted by Crippen LogP contribution is 2.42. The number of pyridine rings is 1. The van der Waals surface area contributed by atoms with Crippen LogP contribution >= 0.6 is 22.7 Å². The van der Waals surface area contributed by atoms with Gasteiger partial charge in [0.2, 0.25) is 4.21 Å². The van der Waals surface area contributed by atoms with Gasteiger partial charge in [0, 0.05) is 28.1 Å². The zero-order valence-electron chi connectivity index (χ0n) is 14.2. The van der Waals surface area contributed by atoms with E-state index in [0.717, 1.165) is 54.4 Å². The van der Waals surface area contributed by atoms with Gasteiger partial charge in [-0.25, -0.2) is 19.5 Å². The Bertz CT molecular complexity index is 1260. The number of nitrogens with zero attached hydrogens (tertiary/aromatic N) is 4. The van der Waals surface area contributed by atoms with Gasteiger partial charge in [0.1, 0.15) is 32.6 Å². The summed E-state index contributed by atoms with van der Waals surface area (Å²) in [5.41, 5.74) is 2.77. The van der Waals surface area contributed by atoms with Gasteiger partial charge in [-0.05, 0) is 31.7 Å². The average molecular weight is 414 g/mol. The van der Waals surface area contributed by atoms with Crippen LogP contribution in [-0.4, -0.2) is 34.4 Å². The first-order chi connectivity index (χ1) is 13.3. The number of thiophene rings is 1. The molecule has 6 nitrogen and oxygen atoms in total. The van der Waals surface area contributed by atoms with Crippen molar-refractivity contribution in [3.63, 3.8) is 0 Å². The van der Waals surface area contributed by atoms with Crippen molar-refractivity contribution in [2.24, 2.45) is 0 Å². The van der Waals surface area contributed by atoms with E-state index in [9.17, 15) is 4.55 Å². The standard InChI is InChI=1S/C18H15N5OS3/c24-27(10-3-1-2-4-10)18-15-14-11(13-8-19-9-23(13)22-15)7-12(21-17(14)26-18)16-20-5-6-25-16/h5-10,22H,1-4H2/t27-/m1/s1. The Kier molecular flexibility index (Phi) is 3.59. The smallest absolute Gasteiger partial charge is 0.234 e. The maximum atomic E-state index is 13.3. The molecule has 5 aromatic heterocycles. The van der Waals surface area contributed by atoms with Crippen molar-refractivity contribution in [2.45, 2.75) is 35.1 Å². The second-order valence-electron chi connectivity index (χ2n) is 6.80. The van der Waals surface area contributed by atoms with Crippen LogP contribution in [0.2, 0.25) is 0 Å². The number of H-pyrrole nitrogens is 1. The highest BCUT2D eigenvalue weighted by molar-refractivity contribution is 7.94. The minimum atomic E-state index is -1.02. The summed E-state index contributed by atoms with van der Waals surface area (Å²) in [6, 6.07) is 2.08. The fraction of sp³-hybridized carbons (Fsp3) is 0.278. The zero-order chi connectivity index (χ0) is 18.0. The monoisotopic (exact) mass is 413 g/mol. The number of aromatic amines is 1. The molecule has 1 N–H and O–H groups in total. The summed E-state index contributed by atoms with van der Waals surface area (Å²) in [5.74, 6) is 0. The van der Waals surface area contributed by atoms with E-state index in [4.69, 9.17) is 4.98 Å². The van der Waals surface area contributed by atoms with Crippen LogP contribution in [0.15, 0.2) is 34.4 Å². The summed E-state index contributed by atoms with van der Waals surface area (Å²) in [4.78, 5) is 14.5. The molecule has 0 saturated heterocycles. The second kappa shape index (κ2) is 6.03. The van der Waals surface area contributed by atoms with Crippen molar-refractivity contribution < 1.29 is 4.55 Å². The molecule has 0 amide bonds. The number of rotatable bonds is 3. The van der Waals surface area contributed by atoms with E-state index in [1.807, 2.05) is 16.1 Å². The third-order valence-electron chi connectivity index (χ3n) is 5.22. The van der Waals surface area contributed by atoms with Gasteiger partial charge in [-0.2, -0.15) is 0 Å². The van der Waals surface area contributed by atoms with Gasteiger partial charge in [-0.15, -0.1) is 11.3 Å². The predicted octanol–water partition coefficient (Wildman–Crippen LogP) is 4.60. The quantitative estimate of drug-likeness (QED) is 0.438. The van der Waals surface area contributed by atoms with E-state index in [-0.39, 0.29) is 5.25 Å². The zero-order valence-corrected chi connectivity index (χ0v) is 16.7. The lowest BCUT2D eigenvalue weighted by Gasteiger charge is -2.15. The summed E-state index contributed by atoms with van der Waals surface area (Å²) in [7, 11) is 0. The first-order valence-corrected chi connectivity index (χ1v) is 11.8. The third kappa shape index (κ3) is 2.39. The molecule has 6 rings (SSSR count). The molecule has 0 unspecified atom stereocenters. The molecule has 0 aromatic carbocycles. The van der Waals surface area contributed by atoms with Gasteiger partial charge in [-0.3, -0.25) is 5.10 Å². The number of thiazole rings is 1. The van der Waals surface area contributed by atoms with Crippen LogP contribution in [0.5, 0.6) is 0 Å². The molecule has 0 radical (unpaired) electrons. The maximum Gasteiger partial charge on any atom is 0.234 e. The molecule has 1 saturated carbocycles. The van der Waals surface area contributed by atoms with Crippen molar-refractivity contribution in [2.75, 3.05) is 0 Å². The first kappa shape index (κ1) is 16.1. The average Bonchev–Trinajstić information content (AvgIpc) is 3.47. The van der Waals surface area contributed by atoms with Crippen LogP contribution in [0.1, 0.15) is 25.7 Å². The number of hydrogen-bond donors (Lipinski definition) is 1. The topological polar surface area (TPSA) is 81.9 Å². The maximum absolute atomic E-state index is 13.3. The number of fused-ring (bicyclic) bond motifs is 2. The molecule has 1 atom stereocenters. The minimum Gasteiger partial charge on any atom is -0.611 e. The molecule has 1 fully saturated rings. The molecule has 5 heterocycles. The van der Waals surface area contributed by atoms with E-state index in [2.05, 4.69) is 21.1 Å². The van der Waals surface area contributed by atoms with Gasteiger partial charge in [0.25, 0.3) is 0 Å². The van der Waals surface area contributed by atoms with Gasteiger partial charge >= 0.3 is 0 Å². The van der Waals surface area contributed by atoms with Gasteiger partial charge in [-0.1, -0.05) is 11.3 Å². The number of imidazole rings is 1. The van der Waals surface area contributed by atoms with Crippen LogP contribution in [0.3, 0.4) is 0 Å². The Morgan fingerprint density at radius 3 is 3.00 bits per heavy atom. The van der Waals surface area contributed by atoms with E-state index in [0.29, 0.717) is 0 Å². The normalized spacial score (nSPS) is 16.9. The van der Waals surface area contributed by atoms with Crippen molar-refractivity contribution in [1.82, 2.24) is 24.6 Å². The molecule has 1 aliphatic carbocycles. The largest absolute Gasteiger partial charge is 0.611 e. The van der Waals surface area contributed by atoms with Crippen LogP contribution < -0.4 is 0 Å². The summed E-state index contributed by atoms with van der Waals surface area (Å²) >= 11 is 2.11. The fourth-order valence-corrected chi connectivity index (χ4v) is 7.81. The Balaban J connectivity index is 1.68. The first-order valence-electron chi connectivity index (χ1n) is 8.87. The molecule has 5 aromatic rings. The lowest BCUT2D eigenvalue weighted by molar-refractivity contribution is 0.581. The Labute approximate surface area is 165 Å². The predicted molar refractivity (Wildman–Crippen MR) is 110 cm³/mol. The molecule has 136 valence electrons. The van der Waals surface area contributed by atoms with Gasteiger partial charge in [0.15, 0.2) is 0 Å². The Morgan fingerprint density at radius 1 is 1.30 bits per heavy atom. The second-order valence-corrected chi connectivity index (χ2v) is 10.6. The van der Waals surface area contributed by atoms with Crippen LogP contribution in [0.25, 0.3) is 37.3 Å². The number of aromatic nitrogens is 5. The molecule has 27 heavy (non-hydrogen) atoms. The van der Waals surface area contributed by atoms with Crippen molar-refractivity contribution in [3.05, 3.63) is 30.2 Å². The SMILES string of the molecule is [O-][S@@+](c1sc2nc(-c3nccs3)cc3c2c1[nH]n1cncc31)C1CCCC1. The lowest BCUT2D eigenvalue weighted by atomic mass is 10.1. The summed E-state index contributed by atoms with van der Waals surface area (Å²) in [6.45, 7) is 0. The van der Waals surface area contributed by atoms with Gasteiger partial charge in [0.05, 0.1) is 17.1 Å². The molecule has 0 bridgehead atoms. The lowest BCUT2D eigenvalue weighted by Crippen LogP contribution is -2.17. The molecule has 1 aliphatic rings. The molecular formula is C18H15N5OS3. The van der Waals surface area contributed by atoms with Gasteiger partial charge < -0.3 is 4.55 Å². The van der Waals surface area contributed by atoms with Crippen molar-refractivity contribution >= 4 is 60.5 Å². The van der Waals surface area contributed by atoms with E-state index >= 15 is 0 Å². The fourth-order valence-electron chi connectivity index (χ4n) is 3.94. The summed E-state index contributed by atoms with van der Waals surface area (Å²) in [6.07, 6.45) is 9.84. The summed E-state index contributed by atoms with van der Waals surface area (Å²) < 4.78 is 16.1. The van der Waals surface area contributed by atoms with Crippen molar-refractivity contribution in [3.8, 4) is 10.7 Å². The summed E-state index contributed by atoms with van der Waals surface area (Å²) in [5, 5.41) is 8.64. The van der Waals surface area contributed by atoms with E-state index < -0.39 is 11.2 Å². The van der Waals surface area contributed by atoms with Crippen LogP contribution in [0, 0.1) is 0 Å². The van der Waals surface area contributed by atoms with E-state index in [1.54, 1.807) is 35.2 Å². The number of nitrogens with one attached hydrogen (secondary N) is 1. The molecule has 9 heteroatoms.